The molecule has 0 saturated heterocycles. The summed E-state index contributed by atoms with van der Waals surface area (Å²) in [6, 6.07) is 7.77. The molecular formula is C29H33N3O2. The minimum absolute atomic E-state index is 0.219. The Morgan fingerprint density at radius 3 is 2.79 bits per heavy atom. The standard InChI is InChI=1S/C29H33N3O2/c1-19-6-2-5-9-25(19)32-26-16-23-13-15-28(34,14-12-20-7-3-4-8-24(20)27(30)33)29(23,22-10-11-22)17-21(26)18-31-32/h2-9,16,18-19,22,25,34H,10-15,17H2,1H3,(H2,30,33)/t19?,25?,28-,29+/m0/s1. The van der Waals surface area contributed by atoms with Gasteiger partial charge in [-0.1, -0.05) is 55.0 Å². The third kappa shape index (κ3) is 3.17. The molecule has 176 valence electrons. The fourth-order valence-corrected chi connectivity index (χ4v) is 7.01. The van der Waals surface area contributed by atoms with Gasteiger partial charge in [-0.25, -0.2) is 0 Å². The van der Waals surface area contributed by atoms with Gasteiger partial charge in [0, 0.05) is 16.9 Å². The number of carbonyl (C=O) groups excluding carboxylic acids is 1. The average Bonchev–Trinajstić information content (AvgIpc) is 3.56. The molecule has 5 nitrogen and oxygen atoms in total. The van der Waals surface area contributed by atoms with Gasteiger partial charge in [0.25, 0.3) is 0 Å². The lowest BCUT2D eigenvalue weighted by atomic mass is 9.61. The SMILES string of the molecule is CC1C=CC=CC1n1ncc2c1C=C1CC[C@@](O)(CCc3ccccc3C(N)=O)[C@@]1(C1CC1)C2. The Bertz CT molecular complexity index is 1230. The number of nitrogens with zero attached hydrogens (tertiary/aromatic N) is 2. The van der Waals surface area contributed by atoms with E-state index < -0.39 is 11.5 Å². The summed E-state index contributed by atoms with van der Waals surface area (Å²) >= 11 is 0. The molecule has 2 saturated carbocycles. The lowest BCUT2D eigenvalue weighted by Gasteiger charge is -2.46. The minimum atomic E-state index is -0.786. The number of hydrogen-bond donors (Lipinski definition) is 2. The number of primary amides is 1. The van der Waals surface area contributed by atoms with Gasteiger partial charge in [-0.3, -0.25) is 9.48 Å². The van der Waals surface area contributed by atoms with Crippen LogP contribution in [0.15, 0.2) is 60.3 Å². The Kier molecular flexibility index (Phi) is 4.96. The Balaban J connectivity index is 1.34. The van der Waals surface area contributed by atoms with Crippen LogP contribution in [-0.4, -0.2) is 26.4 Å². The van der Waals surface area contributed by atoms with Crippen LogP contribution in [0.5, 0.6) is 0 Å². The van der Waals surface area contributed by atoms with E-state index in [4.69, 9.17) is 10.8 Å². The Morgan fingerprint density at radius 2 is 2.03 bits per heavy atom. The molecule has 4 aliphatic carbocycles. The maximum atomic E-state index is 12.3. The van der Waals surface area contributed by atoms with E-state index in [1.807, 2.05) is 24.4 Å². The topological polar surface area (TPSA) is 81.1 Å². The number of fused-ring (bicyclic) bond motifs is 2. The number of aliphatic hydroxyl groups is 1. The molecule has 4 atom stereocenters. The molecule has 1 amide bonds. The highest BCUT2D eigenvalue weighted by molar-refractivity contribution is 5.94. The van der Waals surface area contributed by atoms with E-state index in [2.05, 4.69) is 42.0 Å². The van der Waals surface area contributed by atoms with Crippen molar-refractivity contribution in [2.45, 2.75) is 63.5 Å². The van der Waals surface area contributed by atoms with Crippen LogP contribution < -0.4 is 5.73 Å². The highest BCUT2D eigenvalue weighted by atomic mass is 16.3. The highest BCUT2D eigenvalue weighted by Gasteiger charge is 2.63. The largest absolute Gasteiger partial charge is 0.389 e. The molecule has 3 N–H and O–H groups in total. The van der Waals surface area contributed by atoms with Gasteiger partial charge in [0.2, 0.25) is 5.91 Å². The van der Waals surface area contributed by atoms with Crippen molar-refractivity contribution in [2.24, 2.45) is 23.0 Å². The van der Waals surface area contributed by atoms with Crippen molar-refractivity contribution >= 4 is 12.0 Å². The Morgan fingerprint density at radius 1 is 1.24 bits per heavy atom. The first-order valence-corrected chi connectivity index (χ1v) is 12.7. The molecule has 1 aromatic carbocycles. The molecule has 34 heavy (non-hydrogen) atoms. The van der Waals surface area contributed by atoms with Gasteiger partial charge in [-0.15, -0.1) is 0 Å². The fourth-order valence-electron chi connectivity index (χ4n) is 7.01. The van der Waals surface area contributed by atoms with E-state index in [1.165, 1.54) is 29.7 Å². The zero-order valence-corrected chi connectivity index (χ0v) is 19.8. The van der Waals surface area contributed by atoms with E-state index in [0.717, 1.165) is 24.8 Å². The Hall–Kier alpha value is -2.92. The summed E-state index contributed by atoms with van der Waals surface area (Å²) in [5.74, 6) is 0.515. The lowest BCUT2D eigenvalue weighted by molar-refractivity contribution is -0.0661. The summed E-state index contributed by atoms with van der Waals surface area (Å²) in [5.41, 5.74) is 9.98. The number of rotatable bonds is 6. The number of hydrogen-bond acceptors (Lipinski definition) is 3. The lowest BCUT2D eigenvalue weighted by Crippen LogP contribution is -2.49. The third-order valence-electron chi connectivity index (χ3n) is 8.93. The predicted molar refractivity (Wildman–Crippen MR) is 133 cm³/mol. The molecule has 2 aromatic rings. The summed E-state index contributed by atoms with van der Waals surface area (Å²) in [7, 11) is 0. The first kappa shape index (κ1) is 21.6. The second kappa shape index (κ2) is 7.81. The van der Waals surface area contributed by atoms with Crippen LogP contribution in [0.2, 0.25) is 0 Å². The van der Waals surface area contributed by atoms with E-state index >= 15 is 0 Å². The first-order chi connectivity index (χ1) is 16.4. The van der Waals surface area contributed by atoms with Crippen LogP contribution in [0.4, 0.5) is 0 Å². The van der Waals surface area contributed by atoms with Gasteiger partial charge in [0.15, 0.2) is 0 Å². The van der Waals surface area contributed by atoms with Gasteiger partial charge < -0.3 is 10.8 Å². The Labute approximate surface area is 201 Å². The van der Waals surface area contributed by atoms with E-state index in [0.29, 0.717) is 30.2 Å². The van der Waals surface area contributed by atoms with Crippen molar-refractivity contribution in [2.75, 3.05) is 0 Å². The normalized spacial score (nSPS) is 31.8. The molecule has 1 heterocycles. The molecule has 0 radical (unpaired) electrons. The van der Waals surface area contributed by atoms with Crippen LogP contribution in [0.3, 0.4) is 0 Å². The molecule has 1 aromatic heterocycles. The van der Waals surface area contributed by atoms with Crippen LogP contribution >= 0.6 is 0 Å². The smallest absolute Gasteiger partial charge is 0.248 e. The van der Waals surface area contributed by atoms with Gasteiger partial charge in [0.05, 0.1) is 23.5 Å². The zero-order valence-electron chi connectivity index (χ0n) is 19.8. The number of aromatic nitrogens is 2. The third-order valence-corrected chi connectivity index (χ3v) is 8.93. The molecule has 2 fully saturated rings. The van der Waals surface area contributed by atoms with Gasteiger partial charge >= 0.3 is 0 Å². The van der Waals surface area contributed by atoms with Crippen molar-refractivity contribution in [1.82, 2.24) is 9.78 Å². The van der Waals surface area contributed by atoms with Crippen molar-refractivity contribution < 1.29 is 9.90 Å². The maximum Gasteiger partial charge on any atom is 0.248 e. The first-order valence-electron chi connectivity index (χ1n) is 12.7. The van der Waals surface area contributed by atoms with Crippen LogP contribution in [-0.2, 0) is 12.8 Å². The maximum absolute atomic E-state index is 12.3. The zero-order chi connectivity index (χ0) is 23.5. The summed E-state index contributed by atoms with van der Waals surface area (Å²) in [6.45, 7) is 2.24. The molecule has 0 spiro atoms. The van der Waals surface area contributed by atoms with Crippen LogP contribution in [0.25, 0.3) is 6.08 Å². The number of amides is 1. The van der Waals surface area contributed by atoms with E-state index in [1.54, 1.807) is 6.07 Å². The molecule has 0 aliphatic heterocycles. The number of benzene rings is 1. The summed E-state index contributed by atoms with van der Waals surface area (Å²) in [6.07, 6.45) is 19.3. The molecular weight excluding hydrogens is 422 g/mol. The fraction of sp³-hybridized carbons (Fsp3) is 0.448. The van der Waals surface area contributed by atoms with Gasteiger partial charge in [0.1, 0.15) is 0 Å². The highest BCUT2D eigenvalue weighted by Crippen LogP contribution is 2.66. The number of allylic oxidation sites excluding steroid dienone is 4. The van der Waals surface area contributed by atoms with E-state index in [-0.39, 0.29) is 11.5 Å². The molecule has 4 aliphatic rings. The monoisotopic (exact) mass is 455 g/mol. The average molecular weight is 456 g/mol. The van der Waals surface area contributed by atoms with Crippen molar-refractivity contribution in [3.63, 3.8) is 0 Å². The van der Waals surface area contributed by atoms with Gasteiger partial charge in [-0.2, -0.15) is 5.10 Å². The summed E-state index contributed by atoms with van der Waals surface area (Å²) in [5, 5.41) is 17.1. The van der Waals surface area contributed by atoms with Gasteiger partial charge in [-0.05, 0) is 74.1 Å². The predicted octanol–water partition coefficient (Wildman–Crippen LogP) is 4.78. The quantitative estimate of drug-likeness (QED) is 0.658. The van der Waals surface area contributed by atoms with Crippen molar-refractivity contribution in [1.29, 1.82) is 0 Å². The summed E-state index contributed by atoms with van der Waals surface area (Å²) < 4.78 is 2.18. The number of aryl methyl sites for hydroxylation is 1. The second-order valence-electron chi connectivity index (χ2n) is 10.8. The second-order valence-corrected chi connectivity index (χ2v) is 10.8. The van der Waals surface area contributed by atoms with Crippen molar-refractivity contribution in [3.05, 3.63) is 82.7 Å². The molecule has 6 rings (SSSR count). The molecule has 5 heteroatoms. The molecule has 0 bridgehead atoms. The number of nitrogens with two attached hydrogens (primary N) is 1. The van der Waals surface area contributed by atoms with Crippen LogP contribution in [0.1, 0.15) is 72.2 Å². The number of carbonyl (C=O) groups is 1. The minimum Gasteiger partial charge on any atom is -0.389 e. The van der Waals surface area contributed by atoms with Crippen molar-refractivity contribution in [3.8, 4) is 0 Å². The van der Waals surface area contributed by atoms with E-state index in [9.17, 15) is 9.90 Å². The van der Waals surface area contributed by atoms with Crippen LogP contribution in [0, 0.1) is 17.3 Å². The molecule has 2 unspecified atom stereocenters. The summed E-state index contributed by atoms with van der Waals surface area (Å²) in [4.78, 5) is 11.9.